The lowest BCUT2D eigenvalue weighted by Gasteiger charge is -2.13. The first-order valence-corrected chi connectivity index (χ1v) is 15.1. The van der Waals surface area contributed by atoms with E-state index in [2.05, 4.69) is 22.3 Å². The highest BCUT2D eigenvalue weighted by molar-refractivity contribution is 7.80. The minimum atomic E-state index is -1.05. The summed E-state index contributed by atoms with van der Waals surface area (Å²) in [7, 11) is 0. The minimum absolute atomic E-state index is 0.136. The van der Waals surface area contributed by atoms with Gasteiger partial charge in [0.1, 0.15) is 29.9 Å². The summed E-state index contributed by atoms with van der Waals surface area (Å²) in [4.78, 5) is 57.2. The van der Waals surface area contributed by atoms with Gasteiger partial charge in [-0.2, -0.15) is 12.6 Å². The topological polar surface area (TPSA) is 290 Å². The van der Waals surface area contributed by atoms with Crippen LogP contribution in [0.25, 0.3) is 10.9 Å². The SMILES string of the molecule is CC(C)C[C@H](N)C(=O)Oc1ccc(C[C@H](N)C(=O)O)cc1.NCC(=O)OC(=O)[C@@H](N)CS.N[C@@H](Cc1c[nH]c2ccccc12)C(=O)O. The predicted octanol–water partition coefficient (Wildman–Crippen LogP) is 0.314. The lowest BCUT2D eigenvalue weighted by Crippen LogP contribution is -2.36. The molecule has 16 heteroatoms. The molecule has 0 aliphatic carbocycles. The highest BCUT2D eigenvalue weighted by atomic mass is 32.1. The standard InChI is InChI=1S/C15H22N2O4.C11H12N2O2.C5H10N2O3S/c1-9(2)7-13(17)15(20)21-11-5-3-10(4-6-11)8-12(16)14(18)19;12-9(11(14)15)5-7-6-13-10-4-2-1-3-8(7)10;6-1-4(8)10-5(9)3(7)2-11/h3-6,9,12-13H,7-8,16-17H2,1-2H3,(H,18,19);1-4,6,9,13H,5,12H2,(H,14,15);3,11H,1-2,6-7H2/t12-,13-;9-;3-/m000/s1. The Kier molecular flexibility index (Phi) is 18.0. The van der Waals surface area contributed by atoms with Gasteiger partial charge in [0.25, 0.3) is 0 Å². The molecule has 47 heavy (non-hydrogen) atoms. The maximum atomic E-state index is 11.8. The number of aromatic amines is 1. The number of rotatable bonds is 13. The van der Waals surface area contributed by atoms with Crippen LogP contribution in [0, 0.1) is 5.92 Å². The van der Waals surface area contributed by atoms with Crippen molar-refractivity contribution in [3.05, 3.63) is 65.9 Å². The van der Waals surface area contributed by atoms with Gasteiger partial charge in [-0.25, -0.2) is 9.59 Å². The van der Waals surface area contributed by atoms with Gasteiger partial charge in [0.15, 0.2) is 0 Å². The maximum absolute atomic E-state index is 11.8. The molecule has 0 aliphatic heterocycles. The molecule has 0 saturated heterocycles. The van der Waals surface area contributed by atoms with Gasteiger partial charge in [0, 0.05) is 29.3 Å². The Hall–Kier alpha value is -4.32. The number of hydrogen-bond donors (Lipinski definition) is 9. The quantitative estimate of drug-likeness (QED) is 0.0510. The van der Waals surface area contributed by atoms with Crippen LogP contribution >= 0.6 is 12.6 Å². The van der Waals surface area contributed by atoms with Gasteiger partial charge in [-0.1, -0.05) is 44.2 Å². The summed E-state index contributed by atoms with van der Waals surface area (Å²) in [6.07, 6.45) is 2.94. The molecule has 4 atom stereocenters. The third-order valence-corrected chi connectivity index (χ3v) is 6.65. The van der Waals surface area contributed by atoms with Crippen molar-refractivity contribution in [2.75, 3.05) is 12.3 Å². The Bertz CT molecular complexity index is 1470. The van der Waals surface area contributed by atoms with E-state index in [0.29, 0.717) is 24.5 Å². The first-order chi connectivity index (χ1) is 22.1. The summed E-state index contributed by atoms with van der Waals surface area (Å²) in [5, 5.41) is 18.5. The molecule has 0 saturated carbocycles. The number of hydrogen-bond acceptors (Lipinski definition) is 13. The van der Waals surface area contributed by atoms with E-state index < -0.39 is 54.0 Å². The summed E-state index contributed by atoms with van der Waals surface area (Å²) >= 11 is 3.74. The summed E-state index contributed by atoms with van der Waals surface area (Å²) < 4.78 is 9.35. The number of benzene rings is 2. The number of carbonyl (C=O) groups excluding carboxylic acids is 3. The van der Waals surface area contributed by atoms with Crippen molar-refractivity contribution in [2.24, 2.45) is 34.6 Å². The molecule has 0 radical (unpaired) electrons. The number of esters is 3. The molecule has 1 heterocycles. The Morgan fingerprint density at radius 1 is 0.809 bits per heavy atom. The normalized spacial score (nSPS) is 13.1. The Morgan fingerprint density at radius 3 is 1.91 bits per heavy atom. The Morgan fingerprint density at radius 2 is 1.38 bits per heavy atom. The van der Waals surface area contributed by atoms with Crippen LogP contribution in [0.2, 0.25) is 0 Å². The van der Waals surface area contributed by atoms with Crippen LogP contribution in [-0.2, 0) is 41.6 Å². The van der Waals surface area contributed by atoms with Crippen molar-refractivity contribution in [3.63, 3.8) is 0 Å². The monoisotopic (exact) mass is 676 g/mol. The molecular formula is C31H44N6O9S. The van der Waals surface area contributed by atoms with Crippen LogP contribution in [0.4, 0.5) is 0 Å². The molecule has 3 aromatic rings. The number of ether oxygens (including phenoxy) is 2. The molecule has 0 fully saturated rings. The second-order valence-electron chi connectivity index (χ2n) is 10.7. The summed E-state index contributed by atoms with van der Waals surface area (Å²) in [5.74, 6) is -3.25. The van der Waals surface area contributed by atoms with Crippen LogP contribution in [0.5, 0.6) is 5.75 Å². The Balaban J connectivity index is 0.000000373. The number of thiol groups is 1. The molecule has 2 aromatic carbocycles. The fourth-order valence-electron chi connectivity index (χ4n) is 3.76. The first kappa shape index (κ1) is 40.7. The summed E-state index contributed by atoms with van der Waals surface area (Å²) in [5.41, 5.74) is 29.4. The zero-order valence-electron chi connectivity index (χ0n) is 26.2. The van der Waals surface area contributed by atoms with Crippen molar-refractivity contribution in [1.29, 1.82) is 0 Å². The second kappa shape index (κ2) is 20.7. The van der Waals surface area contributed by atoms with Crippen LogP contribution in [0.3, 0.4) is 0 Å². The molecule has 0 amide bonds. The number of H-pyrrole nitrogens is 1. The molecular weight excluding hydrogens is 632 g/mol. The molecule has 258 valence electrons. The number of carboxylic acid groups (broad SMARTS) is 2. The highest BCUT2D eigenvalue weighted by Crippen LogP contribution is 2.19. The van der Waals surface area contributed by atoms with Crippen molar-refractivity contribution in [1.82, 2.24) is 4.98 Å². The number of aliphatic carboxylic acids is 2. The number of aromatic nitrogens is 1. The number of para-hydroxylation sites is 1. The summed E-state index contributed by atoms with van der Waals surface area (Å²) in [6, 6.07) is 11.0. The predicted molar refractivity (Wildman–Crippen MR) is 178 cm³/mol. The van der Waals surface area contributed by atoms with Crippen LogP contribution in [0.1, 0.15) is 31.4 Å². The van der Waals surface area contributed by atoms with Crippen LogP contribution < -0.4 is 33.4 Å². The molecule has 3 rings (SSSR count). The fraction of sp³-hybridized carbons (Fsp3) is 0.387. The number of fused-ring (bicyclic) bond motifs is 1. The molecule has 0 unspecified atom stereocenters. The van der Waals surface area contributed by atoms with E-state index in [9.17, 15) is 24.0 Å². The Labute approximate surface area is 277 Å². The molecule has 1 aromatic heterocycles. The van der Waals surface area contributed by atoms with E-state index in [1.807, 2.05) is 44.3 Å². The average Bonchev–Trinajstić information content (AvgIpc) is 3.44. The lowest BCUT2D eigenvalue weighted by atomic mass is 10.0. The van der Waals surface area contributed by atoms with Crippen LogP contribution in [-0.4, -0.2) is 81.5 Å². The van der Waals surface area contributed by atoms with E-state index in [-0.39, 0.29) is 18.7 Å². The van der Waals surface area contributed by atoms with E-state index >= 15 is 0 Å². The van der Waals surface area contributed by atoms with Gasteiger partial charge < -0.3 is 53.3 Å². The van der Waals surface area contributed by atoms with Crippen molar-refractivity contribution in [2.45, 2.75) is 57.3 Å². The van der Waals surface area contributed by atoms with Crippen molar-refractivity contribution < 1.29 is 43.7 Å². The third kappa shape index (κ3) is 15.2. The number of carbonyl (C=O) groups is 5. The highest BCUT2D eigenvalue weighted by Gasteiger charge is 2.18. The average molecular weight is 677 g/mol. The molecule has 0 spiro atoms. The van der Waals surface area contributed by atoms with E-state index in [1.165, 1.54) is 0 Å². The van der Waals surface area contributed by atoms with Gasteiger partial charge in [0.05, 0.1) is 6.54 Å². The number of carboxylic acids is 2. The van der Waals surface area contributed by atoms with Gasteiger partial charge in [-0.05, 0) is 48.1 Å². The minimum Gasteiger partial charge on any atom is -0.480 e. The maximum Gasteiger partial charge on any atom is 0.331 e. The lowest BCUT2D eigenvalue weighted by molar-refractivity contribution is -0.159. The largest absolute Gasteiger partial charge is 0.480 e. The van der Waals surface area contributed by atoms with Crippen molar-refractivity contribution >= 4 is 53.4 Å². The van der Waals surface area contributed by atoms with E-state index in [0.717, 1.165) is 22.0 Å². The zero-order chi connectivity index (χ0) is 35.7. The molecule has 0 aliphatic rings. The first-order valence-electron chi connectivity index (χ1n) is 14.5. The van der Waals surface area contributed by atoms with Crippen LogP contribution in [0.15, 0.2) is 54.7 Å². The van der Waals surface area contributed by atoms with Gasteiger partial charge >= 0.3 is 29.8 Å². The smallest absolute Gasteiger partial charge is 0.331 e. The van der Waals surface area contributed by atoms with E-state index in [1.54, 1.807) is 24.3 Å². The van der Waals surface area contributed by atoms with Gasteiger partial charge in [0.2, 0.25) is 0 Å². The fourth-order valence-corrected chi connectivity index (χ4v) is 3.91. The summed E-state index contributed by atoms with van der Waals surface area (Å²) in [6.45, 7) is 3.63. The molecule has 0 bridgehead atoms. The van der Waals surface area contributed by atoms with Gasteiger partial charge in [-0.3, -0.25) is 14.4 Å². The zero-order valence-corrected chi connectivity index (χ0v) is 27.1. The van der Waals surface area contributed by atoms with E-state index in [4.69, 9.17) is 43.6 Å². The number of nitrogens with one attached hydrogen (secondary N) is 1. The second-order valence-corrected chi connectivity index (χ2v) is 11.1. The van der Waals surface area contributed by atoms with Gasteiger partial charge in [-0.15, -0.1) is 0 Å². The third-order valence-electron chi connectivity index (χ3n) is 6.26. The molecule has 13 N–H and O–H groups in total. The van der Waals surface area contributed by atoms with Crippen molar-refractivity contribution in [3.8, 4) is 5.75 Å². The number of nitrogens with two attached hydrogens (primary N) is 5. The molecule has 15 nitrogen and oxygen atoms in total.